The van der Waals surface area contributed by atoms with Crippen LogP contribution in [0.5, 0.6) is 0 Å². The molecule has 8 nitrogen and oxygen atoms in total. The van der Waals surface area contributed by atoms with Crippen molar-refractivity contribution in [1.29, 1.82) is 0 Å². The molecule has 1 aromatic rings. The van der Waals surface area contributed by atoms with Gasteiger partial charge in [-0.05, 0) is 18.2 Å². The molecule has 0 atom stereocenters. The topological polar surface area (TPSA) is 100 Å². The maximum Gasteiger partial charge on any atom is 0.416 e. The van der Waals surface area contributed by atoms with Crippen LogP contribution >= 0.6 is 0 Å². The molecule has 0 aromatic heterocycles. The lowest BCUT2D eigenvalue weighted by Crippen LogP contribution is -2.56. The van der Waals surface area contributed by atoms with Crippen molar-refractivity contribution in [3.8, 4) is 0 Å². The normalized spacial score (nSPS) is 11.5. The number of methoxy groups -OCH3 is 4. The van der Waals surface area contributed by atoms with E-state index in [0.29, 0.717) is 12.1 Å². The van der Waals surface area contributed by atoms with Crippen LogP contribution in [0.4, 0.5) is 18.9 Å². The first kappa shape index (κ1) is 21.2. The Morgan fingerprint density at radius 1 is 0.923 bits per heavy atom. The average Bonchev–Trinajstić information content (AvgIpc) is 2.63. The molecule has 1 N–H and O–H groups in total. The molecule has 0 bridgehead atoms. The molecule has 0 aliphatic rings. The SMILES string of the molecule is COC(=O)c1ccc(C(F)(F)F)cc1NC(OC)(C(=O)OC)C(=O)OC. The summed E-state index contributed by atoms with van der Waals surface area (Å²) in [7, 11) is 3.78. The summed E-state index contributed by atoms with van der Waals surface area (Å²) in [6.07, 6.45) is -4.75. The molecule has 0 unspecified atom stereocenters. The lowest BCUT2D eigenvalue weighted by molar-refractivity contribution is -0.180. The van der Waals surface area contributed by atoms with E-state index in [1.807, 2.05) is 0 Å². The maximum absolute atomic E-state index is 13.0. The Bertz CT molecular complexity index is 687. The van der Waals surface area contributed by atoms with Crippen LogP contribution in [0.2, 0.25) is 0 Å². The van der Waals surface area contributed by atoms with Gasteiger partial charge in [0.25, 0.3) is 0 Å². The fourth-order valence-corrected chi connectivity index (χ4v) is 1.99. The number of carbonyl (C=O) groups is 3. The number of halogens is 3. The number of hydrogen-bond donors (Lipinski definition) is 1. The minimum atomic E-state index is -4.75. The van der Waals surface area contributed by atoms with E-state index in [4.69, 9.17) is 4.74 Å². The van der Waals surface area contributed by atoms with Gasteiger partial charge in [-0.25, -0.2) is 14.4 Å². The molecular weight excluding hydrogens is 363 g/mol. The van der Waals surface area contributed by atoms with Gasteiger partial charge in [-0.15, -0.1) is 0 Å². The summed E-state index contributed by atoms with van der Waals surface area (Å²) >= 11 is 0. The first-order valence-corrected chi connectivity index (χ1v) is 6.87. The number of benzene rings is 1. The van der Waals surface area contributed by atoms with Crippen LogP contribution in [-0.2, 0) is 34.7 Å². The number of hydrogen-bond acceptors (Lipinski definition) is 8. The number of anilines is 1. The first-order chi connectivity index (χ1) is 12.1. The van der Waals surface area contributed by atoms with E-state index in [-0.39, 0.29) is 5.56 Å². The first-order valence-electron chi connectivity index (χ1n) is 6.87. The minimum absolute atomic E-state index is 0.380. The largest absolute Gasteiger partial charge is 0.465 e. The zero-order valence-corrected chi connectivity index (χ0v) is 14.2. The molecule has 0 aliphatic carbocycles. The van der Waals surface area contributed by atoms with Gasteiger partial charge in [0.15, 0.2) is 0 Å². The molecule has 0 heterocycles. The molecule has 1 rings (SSSR count). The molecule has 0 saturated carbocycles. The summed E-state index contributed by atoms with van der Waals surface area (Å²) in [6.45, 7) is 0. The monoisotopic (exact) mass is 379 g/mol. The fraction of sp³-hybridized carbons (Fsp3) is 0.400. The van der Waals surface area contributed by atoms with E-state index in [0.717, 1.165) is 34.5 Å². The molecule has 0 radical (unpaired) electrons. The summed E-state index contributed by atoms with van der Waals surface area (Å²) in [6, 6.07) is 1.99. The summed E-state index contributed by atoms with van der Waals surface area (Å²) < 4.78 is 57.2. The zero-order chi connectivity index (χ0) is 20.1. The van der Waals surface area contributed by atoms with Gasteiger partial charge >= 0.3 is 29.8 Å². The lowest BCUT2D eigenvalue weighted by atomic mass is 10.1. The van der Waals surface area contributed by atoms with E-state index in [1.54, 1.807) is 0 Å². The highest BCUT2D eigenvalue weighted by Crippen LogP contribution is 2.34. The summed E-state index contributed by atoms with van der Waals surface area (Å²) in [5.41, 5.74) is -4.72. The van der Waals surface area contributed by atoms with Gasteiger partial charge in [0, 0.05) is 7.11 Å². The van der Waals surface area contributed by atoms with Gasteiger partial charge in [-0.2, -0.15) is 13.2 Å². The van der Waals surface area contributed by atoms with E-state index >= 15 is 0 Å². The highest BCUT2D eigenvalue weighted by molar-refractivity contribution is 6.07. The van der Waals surface area contributed by atoms with Gasteiger partial charge in [0.05, 0.1) is 38.1 Å². The summed E-state index contributed by atoms with van der Waals surface area (Å²) in [5, 5.41) is 2.17. The molecule has 144 valence electrons. The number of carbonyl (C=O) groups excluding carboxylic acids is 3. The van der Waals surface area contributed by atoms with Crippen LogP contribution < -0.4 is 5.32 Å². The molecule has 0 amide bonds. The van der Waals surface area contributed by atoms with E-state index < -0.39 is 41.1 Å². The van der Waals surface area contributed by atoms with Crippen LogP contribution in [0.3, 0.4) is 0 Å². The van der Waals surface area contributed by atoms with Crippen molar-refractivity contribution >= 4 is 23.6 Å². The second-order valence-electron chi connectivity index (χ2n) is 4.74. The Labute approximate surface area is 146 Å². The van der Waals surface area contributed by atoms with Crippen molar-refractivity contribution in [2.45, 2.75) is 11.9 Å². The number of rotatable bonds is 6. The molecular formula is C15H16F3NO7. The third-order valence-corrected chi connectivity index (χ3v) is 3.31. The summed E-state index contributed by atoms with van der Waals surface area (Å²) in [5.74, 6) is -3.62. The number of esters is 3. The van der Waals surface area contributed by atoms with Gasteiger partial charge in [0.1, 0.15) is 0 Å². The number of nitrogens with one attached hydrogen (secondary N) is 1. The molecule has 1 aromatic carbocycles. The van der Waals surface area contributed by atoms with Crippen molar-refractivity contribution in [2.75, 3.05) is 33.8 Å². The number of ether oxygens (including phenoxy) is 4. The van der Waals surface area contributed by atoms with Crippen molar-refractivity contribution in [3.63, 3.8) is 0 Å². The minimum Gasteiger partial charge on any atom is -0.465 e. The highest BCUT2D eigenvalue weighted by Gasteiger charge is 2.50. The van der Waals surface area contributed by atoms with Gasteiger partial charge in [-0.1, -0.05) is 0 Å². The quantitative estimate of drug-likeness (QED) is 0.344. The zero-order valence-electron chi connectivity index (χ0n) is 14.2. The Balaban J connectivity index is 3.60. The molecule has 11 heteroatoms. The maximum atomic E-state index is 13.0. The molecule has 26 heavy (non-hydrogen) atoms. The Morgan fingerprint density at radius 3 is 1.85 bits per heavy atom. The second-order valence-corrected chi connectivity index (χ2v) is 4.74. The molecule has 0 spiro atoms. The van der Waals surface area contributed by atoms with Crippen LogP contribution in [0.1, 0.15) is 15.9 Å². The third-order valence-electron chi connectivity index (χ3n) is 3.31. The Morgan fingerprint density at radius 2 is 1.46 bits per heavy atom. The fourth-order valence-electron chi connectivity index (χ4n) is 1.99. The predicted molar refractivity (Wildman–Crippen MR) is 80.2 cm³/mol. The van der Waals surface area contributed by atoms with Gasteiger partial charge in [-0.3, -0.25) is 0 Å². The van der Waals surface area contributed by atoms with Crippen molar-refractivity contribution in [3.05, 3.63) is 29.3 Å². The second kappa shape index (κ2) is 8.04. The predicted octanol–water partition coefficient (Wildman–Crippen LogP) is 1.59. The van der Waals surface area contributed by atoms with Crippen LogP contribution in [0.25, 0.3) is 0 Å². The van der Waals surface area contributed by atoms with Crippen LogP contribution in [0, 0.1) is 0 Å². The highest BCUT2D eigenvalue weighted by atomic mass is 19.4. The third kappa shape index (κ3) is 4.04. The van der Waals surface area contributed by atoms with Crippen molar-refractivity contribution in [1.82, 2.24) is 0 Å². The lowest BCUT2D eigenvalue weighted by Gasteiger charge is -2.29. The van der Waals surface area contributed by atoms with Crippen molar-refractivity contribution in [2.24, 2.45) is 0 Å². The molecule has 0 fully saturated rings. The summed E-state index contributed by atoms with van der Waals surface area (Å²) in [4.78, 5) is 35.9. The van der Waals surface area contributed by atoms with Crippen molar-refractivity contribution < 1.29 is 46.5 Å². The molecule has 0 saturated heterocycles. The Hall–Kier alpha value is -2.82. The average molecular weight is 379 g/mol. The smallest absolute Gasteiger partial charge is 0.416 e. The van der Waals surface area contributed by atoms with Crippen LogP contribution in [0.15, 0.2) is 18.2 Å². The van der Waals surface area contributed by atoms with E-state index in [2.05, 4.69) is 19.5 Å². The van der Waals surface area contributed by atoms with Gasteiger partial charge in [0.2, 0.25) is 0 Å². The molecule has 0 aliphatic heterocycles. The van der Waals surface area contributed by atoms with E-state index in [1.165, 1.54) is 0 Å². The van der Waals surface area contributed by atoms with Gasteiger partial charge < -0.3 is 24.3 Å². The van der Waals surface area contributed by atoms with E-state index in [9.17, 15) is 27.6 Å². The standard InChI is InChI=1S/C15H16F3NO7/c1-23-11(20)9-6-5-8(15(16,17)18)7-10(9)19-14(26-4,12(21)24-2)13(22)25-3/h5-7,19H,1-4H3. The Kier molecular flexibility index (Phi) is 6.56. The van der Waals surface area contributed by atoms with Crippen LogP contribution in [-0.4, -0.2) is 52.1 Å². The number of alkyl halides is 3.